The number of nitrogens with one attached hydrogen (secondary N) is 1. The van der Waals surface area contributed by atoms with Crippen molar-refractivity contribution in [2.45, 2.75) is 50.5 Å². The minimum atomic E-state index is -4.45. The largest absolute Gasteiger partial charge is 0.491 e. The second-order valence-corrected chi connectivity index (χ2v) is 7.99. The predicted molar refractivity (Wildman–Crippen MR) is 105 cm³/mol. The Hall–Kier alpha value is -3.04. The van der Waals surface area contributed by atoms with Gasteiger partial charge in [-0.2, -0.15) is 13.2 Å². The second-order valence-electron chi connectivity index (χ2n) is 7.99. The van der Waals surface area contributed by atoms with E-state index in [1.807, 2.05) is 0 Å². The first kappa shape index (κ1) is 21.2. The number of halogens is 3. The molecule has 0 unspecified atom stereocenters. The third-order valence-corrected chi connectivity index (χ3v) is 6.07. The standard InChI is InChI=1S/C21H22F3N3O4/c22-21(23,24)14-2-1-3-16(11-14)31-12-17-13-4-5-15(10-13)27(17)19(29)7-9-26-8-6-18(28)25-20(26)30/h1-3,6,8,11,13,15,17H,4-5,7,9-10,12H2,(H,25,28,30)/t13-,15-,17-/m0/s1. The summed E-state index contributed by atoms with van der Waals surface area (Å²) in [7, 11) is 0. The van der Waals surface area contributed by atoms with Crippen LogP contribution in [0.4, 0.5) is 13.2 Å². The third kappa shape index (κ3) is 4.52. The lowest BCUT2D eigenvalue weighted by atomic mass is 9.99. The summed E-state index contributed by atoms with van der Waals surface area (Å²) in [6.07, 6.45) is -0.345. The lowest BCUT2D eigenvalue weighted by Crippen LogP contribution is -2.48. The highest BCUT2D eigenvalue weighted by Crippen LogP contribution is 2.43. The number of ether oxygens (including phenoxy) is 1. The van der Waals surface area contributed by atoms with E-state index in [1.165, 1.54) is 29.0 Å². The molecule has 2 aliphatic rings. The maximum atomic E-state index is 12.9. The fraction of sp³-hybridized carbons (Fsp3) is 0.476. The molecule has 2 aromatic rings. The van der Waals surface area contributed by atoms with Crippen LogP contribution in [0.1, 0.15) is 31.2 Å². The Kier molecular flexibility index (Phi) is 5.63. The average Bonchev–Trinajstić information content (AvgIpc) is 3.32. The van der Waals surface area contributed by atoms with E-state index in [4.69, 9.17) is 4.74 Å². The highest BCUT2D eigenvalue weighted by Gasteiger charge is 2.48. The van der Waals surface area contributed by atoms with Crippen molar-refractivity contribution in [2.24, 2.45) is 5.92 Å². The summed E-state index contributed by atoms with van der Waals surface area (Å²) in [5, 5.41) is 0. The number of amides is 1. The number of carbonyl (C=O) groups excluding carboxylic acids is 1. The number of hydrogen-bond donors (Lipinski definition) is 1. The average molecular weight is 437 g/mol. The third-order valence-electron chi connectivity index (χ3n) is 6.07. The van der Waals surface area contributed by atoms with Crippen molar-refractivity contribution < 1.29 is 22.7 Å². The number of likely N-dealkylation sites (tertiary alicyclic amines) is 1. The van der Waals surface area contributed by atoms with Crippen LogP contribution in [0.5, 0.6) is 5.75 Å². The van der Waals surface area contributed by atoms with Crippen molar-refractivity contribution in [3.63, 3.8) is 0 Å². The van der Waals surface area contributed by atoms with E-state index in [0.29, 0.717) is 0 Å². The Labute approximate surface area is 175 Å². The van der Waals surface area contributed by atoms with Crippen LogP contribution in [0.25, 0.3) is 0 Å². The highest BCUT2D eigenvalue weighted by molar-refractivity contribution is 5.77. The molecule has 31 heavy (non-hydrogen) atoms. The van der Waals surface area contributed by atoms with Crippen molar-refractivity contribution in [1.82, 2.24) is 14.5 Å². The molecule has 1 aliphatic heterocycles. The van der Waals surface area contributed by atoms with Gasteiger partial charge in [-0.25, -0.2) is 4.79 Å². The molecule has 10 heteroatoms. The molecule has 2 heterocycles. The number of piperidine rings is 1. The van der Waals surface area contributed by atoms with Crippen LogP contribution in [0.15, 0.2) is 46.1 Å². The van der Waals surface area contributed by atoms with Gasteiger partial charge in [0.1, 0.15) is 12.4 Å². The zero-order chi connectivity index (χ0) is 22.2. The van der Waals surface area contributed by atoms with E-state index >= 15 is 0 Å². The van der Waals surface area contributed by atoms with Crippen LogP contribution in [0.3, 0.4) is 0 Å². The Morgan fingerprint density at radius 2 is 2.00 bits per heavy atom. The molecule has 1 saturated heterocycles. The summed E-state index contributed by atoms with van der Waals surface area (Å²) in [6.45, 7) is 0.246. The topological polar surface area (TPSA) is 84.4 Å². The minimum Gasteiger partial charge on any atom is -0.491 e. The molecular formula is C21H22F3N3O4. The molecule has 1 N–H and O–H groups in total. The van der Waals surface area contributed by atoms with Crippen LogP contribution >= 0.6 is 0 Å². The maximum absolute atomic E-state index is 12.9. The number of benzene rings is 1. The van der Waals surface area contributed by atoms with Crippen LogP contribution in [-0.2, 0) is 17.5 Å². The van der Waals surface area contributed by atoms with Gasteiger partial charge in [0.25, 0.3) is 5.56 Å². The molecule has 2 bridgehead atoms. The van der Waals surface area contributed by atoms with Gasteiger partial charge < -0.3 is 14.2 Å². The predicted octanol–water partition coefficient (Wildman–Crippen LogP) is 2.40. The number of carbonyl (C=O) groups is 1. The van der Waals surface area contributed by atoms with E-state index in [9.17, 15) is 27.6 Å². The van der Waals surface area contributed by atoms with Crippen LogP contribution in [-0.4, -0.2) is 39.0 Å². The van der Waals surface area contributed by atoms with E-state index in [2.05, 4.69) is 4.98 Å². The summed E-state index contributed by atoms with van der Waals surface area (Å²) in [6, 6.07) is 5.80. The summed E-state index contributed by atoms with van der Waals surface area (Å²) in [5.41, 5.74) is -1.86. The van der Waals surface area contributed by atoms with Gasteiger partial charge in [-0.05, 0) is 43.4 Å². The van der Waals surface area contributed by atoms with Crippen LogP contribution < -0.4 is 16.0 Å². The molecule has 4 rings (SSSR count). The minimum absolute atomic E-state index is 0.0786. The second kappa shape index (κ2) is 8.24. The van der Waals surface area contributed by atoms with Gasteiger partial charge in [-0.15, -0.1) is 0 Å². The monoisotopic (exact) mass is 437 g/mol. The molecule has 1 aromatic heterocycles. The number of alkyl halides is 3. The van der Waals surface area contributed by atoms with Crippen molar-refractivity contribution in [1.29, 1.82) is 0 Å². The van der Waals surface area contributed by atoms with E-state index in [-0.39, 0.29) is 49.2 Å². The lowest BCUT2D eigenvalue weighted by molar-refractivity contribution is -0.137. The number of aromatic amines is 1. The Morgan fingerprint density at radius 1 is 1.19 bits per heavy atom. The molecular weight excluding hydrogens is 415 g/mol. The zero-order valence-electron chi connectivity index (χ0n) is 16.6. The molecule has 1 saturated carbocycles. The Morgan fingerprint density at radius 3 is 2.74 bits per heavy atom. The van der Waals surface area contributed by atoms with Gasteiger partial charge in [0.15, 0.2) is 0 Å². The molecule has 2 fully saturated rings. The summed E-state index contributed by atoms with van der Waals surface area (Å²) >= 11 is 0. The van der Waals surface area contributed by atoms with E-state index < -0.39 is 23.0 Å². The number of fused-ring (bicyclic) bond motifs is 2. The first-order chi connectivity index (χ1) is 14.7. The first-order valence-electron chi connectivity index (χ1n) is 10.1. The Balaban J connectivity index is 1.42. The maximum Gasteiger partial charge on any atom is 0.416 e. The number of rotatable bonds is 6. The van der Waals surface area contributed by atoms with Crippen LogP contribution in [0.2, 0.25) is 0 Å². The summed E-state index contributed by atoms with van der Waals surface area (Å²) < 4.78 is 45.7. The lowest BCUT2D eigenvalue weighted by Gasteiger charge is -2.35. The summed E-state index contributed by atoms with van der Waals surface area (Å²) in [4.78, 5) is 39.8. The van der Waals surface area contributed by atoms with Gasteiger partial charge in [-0.3, -0.25) is 14.6 Å². The van der Waals surface area contributed by atoms with Crippen molar-refractivity contribution in [2.75, 3.05) is 6.61 Å². The van der Waals surface area contributed by atoms with Gasteiger partial charge in [0.05, 0.1) is 11.6 Å². The first-order valence-corrected chi connectivity index (χ1v) is 10.1. The molecule has 1 aromatic carbocycles. The molecule has 3 atom stereocenters. The van der Waals surface area contributed by atoms with Crippen molar-refractivity contribution in [3.05, 3.63) is 62.9 Å². The molecule has 166 valence electrons. The van der Waals surface area contributed by atoms with Crippen LogP contribution in [0, 0.1) is 5.92 Å². The van der Waals surface area contributed by atoms with Crippen molar-refractivity contribution >= 4 is 5.91 Å². The molecule has 0 radical (unpaired) electrons. The Bertz CT molecular complexity index is 1080. The highest BCUT2D eigenvalue weighted by atomic mass is 19.4. The van der Waals surface area contributed by atoms with Gasteiger partial charge in [-0.1, -0.05) is 6.07 Å². The van der Waals surface area contributed by atoms with Gasteiger partial charge in [0.2, 0.25) is 5.91 Å². The number of nitrogens with zero attached hydrogens (tertiary/aromatic N) is 2. The number of H-pyrrole nitrogens is 1. The SMILES string of the molecule is O=C(CCn1ccc(=O)[nH]c1=O)N1[C@H]2CC[C@@H](C2)[C@@H]1COc1cccc(C(F)(F)F)c1. The van der Waals surface area contributed by atoms with E-state index in [0.717, 1.165) is 31.4 Å². The normalized spacial score (nSPS) is 22.7. The fourth-order valence-corrected chi connectivity index (χ4v) is 4.61. The van der Waals surface area contributed by atoms with Gasteiger partial charge >= 0.3 is 11.9 Å². The zero-order valence-corrected chi connectivity index (χ0v) is 16.6. The fourth-order valence-electron chi connectivity index (χ4n) is 4.61. The molecule has 1 amide bonds. The molecule has 1 aliphatic carbocycles. The number of aryl methyl sites for hydroxylation is 1. The molecule has 0 spiro atoms. The quantitative estimate of drug-likeness (QED) is 0.752. The smallest absolute Gasteiger partial charge is 0.416 e. The van der Waals surface area contributed by atoms with E-state index in [1.54, 1.807) is 4.90 Å². The number of hydrogen-bond acceptors (Lipinski definition) is 4. The van der Waals surface area contributed by atoms with Crippen molar-refractivity contribution in [3.8, 4) is 5.75 Å². The summed E-state index contributed by atoms with van der Waals surface area (Å²) in [5.74, 6) is 0.225. The number of aromatic nitrogens is 2. The van der Waals surface area contributed by atoms with Gasteiger partial charge in [0, 0.05) is 31.3 Å². The molecule has 7 nitrogen and oxygen atoms in total.